The largest absolute Gasteiger partial charge is 0.390 e. The minimum absolute atomic E-state index is 0.0219. The van der Waals surface area contributed by atoms with E-state index in [0.29, 0.717) is 17.3 Å². The van der Waals surface area contributed by atoms with Gasteiger partial charge in [-0.3, -0.25) is 0 Å². The molecule has 1 aliphatic rings. The molecule has 0 aliphatic carbocycles. The van der Waals surface area contributed by atoms with Crippen molar-refractivity contribution in [2.75, 3.05) is 6.61 Å². The summed E-state index contributed by atoms with van der Waals surface area (Å²) >= 11 is 6.00. The maximum Gasteiger partial charge on any atom is 0.114 e. The number of ether oxygens (including phenoxy) is 1. The summed E-state index contributed by atoms with van der Waals surface area (Å²) in [4.78, 5) is 0. The lowest BCUT2D eigenvalue weighted by atomic mass is 10.1. The van der Waals surface area contributed by atoms with Gasteiger partial charge in [-0.05, 0) is 30.5 Å². The number of hydrogen-bond donors (Lipinski definition) is 1. The van der Waals surface area contributed by atoms with Gasteiger partial charge >= 0.3 is 0 Å². The molecule has 5 nitrogen and oxygen atoms in total. The van der Waals surface area contributed by atoms with Crippen LogP contribution in [0.2, 0.25) is 5.02 Å². The minimum Gasteiger partial charge on any atom is -0.390 e. The van der Waals surface area contributed by atoms with Crippen molar-refractivity contribution in [2.24, 2.45) is 0 Å². The number of halogens is 1. The average molecular weight is 294 g/mol. The van der Waals surface area contributed by atoms with Crippen LogP contribution in [-0.2, 0) is 17.9 Å². The van der Waals surface area contributed by atoms with Gasteiger partial charge in [0.05, 0.1) is 18.8 Å². The molecule has 20 heavy (non-hydrogen) atoms. The molecule has 0 saturated carbocycles. The summed E-state index contributed by atoms with van der Waals surface area (Å²) in [5.41, 5.74) is 2.52. The third-order valence-electron chi connectivity index (χ3n) is 3.45. The normalized spacial score (nSPS) is 18.6. The molecule has 0 spiro atoms. The van der Waals surface area contributed by atoms with Crippen LogP contribution in [0.1, 0.15) is 35.9 Å². The van der Waals surface area contributed by atoms with Gasteiger partial charge in [-0.1, -0.05) is 28.9 Å². The first-order chi connectivity index (χ1) is 9.78. The maximum atomic E-state index is 9.41. The van der Waals surface area contributed by atoms with Crippen molar-refractivity contribution in [3.05, 3.63) is 46.2 Å². The Hall–Kier alpha value is -1.43. The molecule has 1 unspecified atom stereocenters. The fourth-order valence-corrected chi connectivity index (χ4v) is 2.75. The molecule has 0 radical (unpaired) electrons. The molecule has 106 valence electrons. The Labute approximate surface area is 122 Å². The second-order valence-corrected chi connectivity index (χ2v) is 5.31. The molecule has 1 fully saturated rings. The number of benzene rings is 1. The number of hydrogen-bond acceptors (Lipinski definition) is 4. The molecule has 0 bridgehead atoms. The predicted molar refractivity (Wildman–Crippen MR) is 74.4 cm³/mol. The van der Waals surface area contributed by atoms with Crippen LogP contribution in [-0.4, -0.2) is 26.7 Å². The highest BCUT2D eigenvalue weighted by atomic mass is 35.5. The Balaban J connectivity index is 1.91. The summed E-state index contributed by atoms with van der Waals surface area (Å²) in [6.45, 7) is 1.20. The van der Waals surface area contributed by atoms with Gasteiger partial charge in [-0.25, -0.2) is 4.68 Å². The number of nitrogens with zero attached hydrogens (tertiary/aromatic N) is 3. The van der Waals surface area contributed by atoms with Gasteiger partial charge in [0.15, 0.2) is 0 Å². The quantitative estimate of drug-likeness (QED) is 0.940. The second-order valence-electron chi connectivity index (χ2n) is 4.87. The van der Waals surface area contributed by atoms with Crippen molar-refractivity contribution < 1.29 is 9.84 Å². The van der Waals surface area contributed by atoms with Crippen molar-refractivity contribution in [3.8, 4) is 0 Å². The predicted octanol–water partition coefficient (Wildman–Crippen LogP) is 2.32. The Bertz CT molecular complexity index is 594. The molecule has 1 atom stereocenters. The topological polar surface area (TPSA) is 60.2 Å². The van der Waals surface area contributed by atoms with Crippen molar-refractivity contribution in [1.29, 1.82) is 0 Å². The Morgan fingerprint density at radius 3 is 3.05 bits per heavy atom. The fraction of sp³-hybridized carbons (Fsp3) is 0.429. The fourth-order valence-electron chi connectivity index (χ4n) is 2.54. The minimum atomic E-state index is -0.120. The summed E-state index contributed by atoms with van der Waals surface area (Å²) in [6, 6.07) is 7.65. The standard InChI is InChI=1S/C14H16ClN3O2/c15-11-4-1-3-10(7-11)8-18-14(12(9-19)16-17-18)13-5-2-6-20-13/h1,3-4,7,13,19H,2,5-6,8-9H2. The van der Waals surface area contributed by atoms with Crippen LogP contribution < -0.4 is 0 Å². The molecule has 3 rings (SSSR count). The number of aliphatic hydroxyl groups is 1. The van der Waals surface area contributed by atoms with Gasteiger partial charge in [-0.15, -0.1) is 5.10 Å². The van der Waals surface area contributed by atoms with E-state index >= 15 is 0 Å². The Kier molecular flexibility index (Phi) is 4.00. The van der Waals surface area contributed by atoms with E-state index < -0.39 is 0 Å². The van der Waals surface area contributed by atoms with E-state index in [9.17, 15) is 5.11 Å². The first-order valence-corrected chi connectivity index (χ1v) is 7.05. The lowest BCUT2D eigenvalue weighted by Crippen LogP contribution is -2.11. The smallest absolute Gasteiger partial charge is 0.114 e. The van der Waals surface area contributed by atoms with E-state index in [1.807, 2.05) is 24.3 Å². The zero-order valence-electron chi connectivity index (χ0n) is 11.0. The van der Waals surface area contributed by atoms with Gasteiger partial charge in [-0.2, -0.15) is 0 Å². The summed E-state index contributed by atoms with van der Waals surface area (Å²) in [5, 5.41) is 18.3. The molecule has 0 amide bonds. The first-order valence-electron chi connectivity index (χ1n) is 6.67. The molecule has 1 aromatic carbocycles. The van der Waals surface area contributed by atoms with E-state index in [-0.39, 0.29) is 12.7 Å². The summed E-state index contributed by atoms with van der Waals surface area (Å²) in [7, 11) is 0. The summed E-state index contributed by atoms with van der Waals surface area (Å²) in [5.74, 6) is 0. The van der Waals surface area contributed by atoms with Gasteiger partial charge in [0.2, 0.25) is 0 Å². The molecule has 1 aliphatic heterocycles. The number of aromatic nitrogens is 3. The zero-order chi connectivity index (χ0) is 13.9. The number of aliphatic hydroxyl groups excluding tert-OH is 1. The monoisotopic (exact) mass is 293 g/mol. The second kappa shape index (κ2) is 5.91. The van der Waals surface area contributed by atoms with Crippen LogP contribution in [0.4, 0.5) is 0 Å². The molecule has 2 heterocycles. The zero-order valence-corrected chi connectivity index (χ0v) is 11.8. The molecule has 1 aromatic heterocycles. The average Bonchev–Trinajstić information content (AvgIpc) is 3.07. The highest BCUT2D eigenvalue weighted by Crippen LogP contribution is 2.30. The Morgan fingerprint density at radius 2 is 2.35 bits per heavy atom. The van der Waals surface area contributed by atoms with Crippen molar-refractivity contribution in [2.45, 2.75) is 32.1 Å². The molecular weight excluding hydrogens is 278 g/mol. The van der Waals surface area contributed by atoms with Crippen LogP contribution in [0.3, 0.4) is 0 Å². The maximum absolute atomic E-state index is 9.41. The Morgan fingerprint density at radius 1 is 1.45 bits per heavy atom. The van der Waals surface area contributed by atoms with Gasteiger partial charge in [0.1, 0.15) is 11.8 Å². The highest BCUT2D eigenvalue weighted by molar-refractivity contribution is 6.30. The molecule has 1 saturated heterocycles. The first kappa shape index (κ1) is 13.5. The molecular formula is C14H16ClN3O2. The van der Waals surface area contributed by atoms with Gasteiger partial charge < -0.3 is 9.84 Å². The molecule has 1 N–H and O–H groups in total. The third-order valence-corrected chi connectivity index (χ3v) is 3.69. The van der Waals surface area contributed by atoms with Gasteiger partial charge in [0.25, 0.3) is 0 Å². The van der Waals surface area contributed by atoms with Crippen LogP contribution in [0, 0.1) is 0 Å². The van der Waals surface area contributed by atoms with Crippen LogP contribution in [0.25, 0.3) is 0 Å². The van der Waals surface area contributed by atoms with Crippen LogP contribution >= 0.6 is 11.6 Å². The third kappa shape index (κ3) is 2.70. The number of rotatable bonds is 4. The lowest BCUT2D eigenvalue weighted by Gasteiger charge is -2.13. The summed E-state index contributed by atoms with van der Waals surface area (Å²) < 4.78 is 7.50. The van der Waals surface area contributed by atoms with E-state index in [1.54, 1.807) is 4.68 Å². The van der Waals surface area contributed by atoms with Crippen LogP contribution in [0.15, 0.2) is 24.3 Å². The van der Waals surface area contributed by atoms with Crippen molar-refractivity contribution >= 4 is 11.6 Å². The van der Waals surface area contributed by atoms with Gasteiger partial charge in [0, 0.05) is 11.6 Å². The summed E-state index contributed by atoms with van der Waals surface area (Å²) in [6.07, 6.45) is 1.94. The lowest BCUT2D eigenvalue weighted by molar-refractivity contribution is 0.102. The van der Waals surface area contributed by atoms with Crippen molar-refractivity contribution in [3.63, 3.8) is 0 Å². The SMILES string of the molecule is OCc1nnn(Cc2cccc(Cl)c2)c1C1CCCO1. The molecule has 6 heteroatoms. The van der Waals surface area contributed by atoms with E-state index in [4.69, 9.17) is 16.3 Å². The molecule has 2 aromatic rings. The highest BCUT2D eigenvalue weighted by Gasteiger charge is 2.26. The van der Waals surface area contributed by atoms with E-state index in [1.165, 1.54) is 0 Å². The van der Waals surface area contributed by atoms with E-state index in [0.717, 1.165) is 30.7 Å². The van der Waals surface area contributed by atoms with Crippen molar-refractivity contribution in [1.82, 2.24) is 15.0 Å². The van der Waals surface area contributed by atoms with Crippen LogP contribution in [0.5, 0.6) is 0 Å². The van der Waals surface area contributed by atoms with E-state index in [2.05, 4.69) is 10.3 Å².